The molecule has 0 bridgehead atoms. The molecule has 0 aliphatic carbocycles. The van der Waals surface area contributed by atoms with Crippen molar-refractivity contribution in [1.29, 1.82) is 5.26 Å². The zero-order valence-corrected chi connectivity index (χ0v) is 8.48. The van der Waals surface area contributed by atoms with Crippen molar-refractivity contribution >= 4 is 28.4 Å². The van der Waals surface area contributed by atoms with Crippen LogP contribution >= 0.6 is 23.2 Å². The number of alkyl halides is 2. The number of hydrogen-bond donors (Lipinski definition) is 0. The molecule has 7 heteroatoms. The van der Waals surface area contributed by atoms with Gasteiger partial charge in [-0.2, -0.15) is 5.26 Å². The molecule has 0 aliphatic heterocycles. The number of carbonyl (C=O) groups excluding carboxylic acids is 1. The van der Waals surface area contributed by atoms with Crippen molar-refractivity contribution in [2.24, 2.45) is 0 Å². The zero-order chi connectivity index (χ0) is 11.6. The molecule has 0 N–H and O–H groups in total. The minimum absolute atomic E-state index is 0.176. The summed E-state index contributed by atoms with van der Waals surface area (Å²) in [5.74, 6) is 0. The zero-order valence-electron chi connectivity index (χ0n) is 6.97. The van der Waals surface area contributed by atoms with Gasteiger partial charge in [0.1, 0.15) is 16.9 Å². The maximum Gasteiger partial charge on any atom is 0.281 e. The Morgan fingerprint density at radius 3 is 2.60 bits per heavy atom. The molecule has 1 heterocycles. The van der Waals surface area contributed by atoms with Gasteiger partial charge in [-0.1, -0.05) is 11.6 Å². The summed E-state index contributed by atoms with van der Waals surface area (Å²) in [7, 11) is 0. The molecule has 0 radical (unpaired) electrons. The number of aromatic nitrogens is 1. The van der Waals surface area contributed by atoms with Gasteiger partial charge in [0.2, 0.25) is 0 Å². The molecule has 0 atom stereocenters. The van der Waals surface area contributed by atoms with Crippen LogP contribution in [0.1, 0.15) is 28.0 Å². The maximum atomic E-state index is 12.4. The summed E-state index contributed by atoms with van der Waals surface area (Å²) in [6.45, 7) is 0. The second-order valence-corrected chi connectivity index (χ2v) is 3.15. The highest BCUT2D eigenvalue weighted by molar-refractivity contribution is 6.67. The SMILES string of the molecule is N#Cc1cc(C(=O)Cl)c(C(F)F)nc1Cl. The predicted octanol–water partition coefficient (Wildman–Crippen LogP) is 2.92. The summed E-state index contributed by atoms with van der Waals surface area (Å²) in [5.41, 5.74) is -1.50. The van der Waals surface area contributed by atoms with E-state index in [4.69, 9.17) is 28.5 Å². The van der Waals surface area contributed by atoms with E-state index in [1.165, 1.54) is 0 Å². The Labute approximate surface area is 93.2 Å². The first-order chi connectivity index (χ1) is 6.97. The van der Waals surface area contributed by atoms with E-state index in [0.29, 0.717) is 0 Å². The van der Waals surface area contributed by atoms with E-state index < -0.39 is 22.9 Å². The smallest absolute Gasteiger partial charge is 0.276 e. The first-order valence-electron chi connectivity index (χ1n) is 3.56. The first kappa shape index (κ1) is 11.8. The Morgan fingerprint density at radius 1 is 1.60 bits per heavy atom. The van der Waals surface area contributed by atoms with Crippen LogP contribution in [0.25, 0.3) is 0 Å². The molecule has 0 fully saturated rings. The third kappa shape index (κ3) is 2.41. The van der Waals surface area contributed by atoms with Crippen molar-refractivity contribution in [3.63, 3.8) is 0 Å². The number of nitriles is 1. The third-order valence-electron chi connectivity index (χ3n) is 1.54. The van der Waals surface area contributed by atoms with E-state index in [-0.39, 0.29) is 10.7 Å². The lowest BCUT2D eigenvalue weighted by molar-refractivity contribution is 0.106. The minimum atomic E-state index is -2.98. The van der Waals surface area contributed by atoms with E-state index in [1.807, 2.05) is 0 Å². The van der Waals surface area contributed by atoms with Gasteiger partial charge in [-0.3, -0.25) is 4.79 Å². The Hall–Kier alpha value is -1.25. The van der Waals surface area contributed by atoms with Crippen molar-refractivity contribution in [1.82, 2.24) is 4.98 Å². The molecule has 0 spiro atoms. The number of carbonyl (C=O) groups is 1. The van der Waals surface area contributed by atoms with E-state index in [9.17, 15) is 13.6 Å². The highest BCUT2D eigenvalue weighted by Crippen LogP contribution is 2.26. The van der Waals surface area contributed by atoms with Gasteiger partial charge in [0, 0.05) is 0 Å². The lowest BCUT2D eigenvalue weighted by Crippen LogP contribution is -2.03. The topological polar surface area (TPSA) is 53.8 Å². The Bertz CT molecular complexity index is 457. The van der Waals surface area contributed by atoms with Gasteiger partial charge in [-0.15, -0.1) is 0 Å². The fourth-order valence-electron chi connectivity index (χ4n) is 0.906. The molecule has 3 nitrogen and oxygen atoms in total. The van der Waals surface area contributed by atoms with Crippen LogP contribution in [0.2, 0.25) is 5.15 Å². The highest BCUT2D eigenvalue weighted by atomic mass is 35.5. The highest BCUT2D eigenvalue weighted by Gasteiger charge is 2.21. The monoisotopic (exact) mass is 250 g/mol. The Kier molecular flexibility index (Phi) is 3.56. The van der Waals surface area contributed by atoms with Gasteiger partial charge in [0.25, 0.3) is 11.7 Å². The fourth-order valence-corrected chi connectivity index (χ4v) is 1.25. The van der Waals surface area contributed by atoms with Crippen LogP contribution in [-0.2, 0) is 0 Å². The van der Waals surface area contributed by atoms with E-state index in [0.717, 1.165) is 6.07 Å². The standard InChI is InChI=1S/C8H2Cl2F2N2O/c9-6-3(2-13)1-4(7(10)15)5(14-6)8(11)12/h1,8H. The maximum absolute atomic E-state index is 12.4. The number of halogens is 4. The van der Waals surface area contributed by atoms with Gasteiger partial charge in [-0.05, 0) is 17.7 Å². The average molecular weight is 251 g/mol. The van der Waals surface area contributed by atoms with Gasteiger partial charge >= 0.3 is 0 Å². The summed E-state index contributed by atoms with van der Waals surface area (Å²) < 4.78 is 24.8. The van der Waals surface area contributed by atoms with Gasteiger partial charge in [-0.25, -0.2) is 13.8 Å². The molecule has 0 aromatic carbocycles. The normalized spacial score (nSPS) is 10.1. The molecule has 1 aromatic rings. The Morgan fingerprint density at radius 2 is 2.20 bits per heavy atom. The minimum Gasteiger partial charge on any atom is -0.276 e. The molecule has 0 aliphatic rings. The molecule has 1 rings (SSSR count). The molecule has 15 heavy (non-hydrogen) atoms. The van der Waals surface area contributed by atoms with Crippen molar-refractivity contribution in [3.05, 3.63) is 28.0 Å². The number of nitrogens with zero attached hydrogens (tertiary/aromatic N) is 2. The van der Waals surface area contributed by atoms with Gasteiger partial charge in [0.05, 0.1) is 11.1 Å². The summed E-state index contributed by atoms with van der Waals surface area (Å²) in [6, 6.07) is 2.50. The molecule has 78 valence electrons. The second kappa shape index (κ2) is 4.51. The molecule has 0 unspecified atom stereocenters. The van der Waals surface area contributed by atoms with Crippen LogP contribution in [-0.4, -0.2) is 10.2 Å². The summed E-state index contributed by atoms with van der Waals surface area (Å²) >= 11 is 10.5. The van der Waals surface area contributed by atoms with Crippen LogP contribution in [0.5, 0.6) is 0 Å². The second-order valence-electron chi connectivity index (χ2n) is 2.45. The van der Waals surface area contributed by atoms with E-state index in [1.54, 1.807) is 6.07 Å². The molecule has 0 amide bonds. The average Bonchev–Trinajstić information content (AvgIpc) is 2.16. The molecular weight excluding hydrogens is 249 g/mol. The summed E-state index contributed by atoms with van der Waals surface area (Å²) in [4.78, 5) is 14.0. The number of hydrogen-bond acceptors (Lipinski definition) is 3. The predicted molar refractivity (Wildman–Crippen MR) is 49.1 cm³/mol. The van der Waals surface area contributed by atoms with Crippen LogP contribution in [0.15, 0.2) is 6.07 Å². The van der Waals surface area contributed by atoms with Crippen molar-refractivity contribution in [2.45, 2.75) is 6.43 Å². The van der Waals surface area contributed by atoms with Crippen molar-refractivity contribution in [2.75, 3.05) is 0 Å². The lowest BCUT2D eigenvalue weighted by atomic mass is 10.1. The molecule has 0 saturated heterocycles. The molecule has 1 aromatic heterocycles. The molecular formula is C8H2Cl2F2N2O. The van der Waals surface area contributed by atoms with Crippen LogP contribution < -0.4 is 0 Å². The first-order valence-corrected chi connectivity index (χ1v) is 4.31. The third-order valence-corrected chi connectivity index (χ3v) is 2.04. The van der Waals surface area contributed by atoms with Crippen LogP contribution in [0, 0.1) is 11.3 Å². The van der Waals surface area contributed by atoms with E-state index >= 15 is 0 Å². The van der Waals surface area contributed by atoms with Gasteiger partial charge < -0.3 is 0 Å². The van der Waals surface area contributed by atoms with Crippen LogP contribution in [0.4, 0.5) is 8.78 Å². The summed E-state index contributed by atoms with van der Waals surface area (Å²) in [5, 5.41) is 7.05. The van der Waals surface area contributed by atoms with Crippen molar-refractivity contribution < 1.29 is 13.6 Å². The lowest BCUT2D eigenvalue weighted by Gasteiger charge is -2.05. The number of pyridine rings is 1. The number of rotatable bonds is 2. The summed E-state index contributed by atoms with van der Waals surface area (Å²) in [6.07, 6.45) is -2.98. The van der Waals surface area contributed by atoms with E-state index in [2.05, 4.69) is 4.98 Å². The fraction of sp³-hybridized carbons (Fsp3) is 0.125. The quantitative estimate of drug-likeness (QED) is 0.599. The van der Waals surface area contributed by atoms with Crippen molar-refractivity contribution in [3.8, 4) is 6.07 Å². The Balaban J connectivity index is 3.47. The van der Waals surface area contributed by atoms with Crippen LogP contribution in [0.3, 0.4) is 0 Å². The van der Waals surface area contributed by atoms with Gasteiger partial charge in [0.15, 0.2) is 0 Å². The molecule has 0 saturated carbocycles. The largest absolute Gasteiger partial charge is 0.281 e.